The van der Waals surface area contributed by atoms with E-state index in [0.29, 0.717) is 23.4 Å². The van der Waals surface area contributed by atoms with Gasteiger partial charge in [0.05, 0.1) is 11.3 Å². The van der Waals surface area contributed by atoms with E-state index in [2.05, 4.69) is 16.0 Å². The van der Waals surface area contributed by atoms with Gasteiger partial charge in [-0.2, -0.15) is 0 Å². The van der Waals surface area contributed by atoms with Crippen LogP contribution in [0.15, 0.2) is 54.6 Å². The average Bonchev–Trinajstić information content (AvgIpc) is 2.66. The maximum Gasteiger partial charge on any atom is 0.253 e. The summed E-state index contributed by atoms with van der Waals surface area (Å²) < 4.78 is 12.9. The summed E-state index contributed by atoms with van der Waals surface area (Å²) in [7, 11) is 0. The maximum atomic E-state index is 12.9. The Morgan fingerprint density at radius 2 is 1.81 bits per heavy atom. The number of benzene rings is 2. The Kier molecular flexibility index (Phi) is 7.63. The molecule has 0 heterocycles. The lowest BCUT2D eigenvalue weighted by molar-refractivity contribution is -0.115. The van der Waals surface area contributed by atoms with E-state index >= 15 is 0 Å². The molecule has 0 aliphatic carbocycles. The molecule has 0 bridgehead atoms. The second-order valence-electron chi connectivity index (χ2n) is 5.63. The molecule has 2 aromatic rings. The van der Waals surface area contributed by atoms with E-state index < -0.39 is 5.91 Å². The highest BCUT2D eigenvalue weighted by atomic mass is 32.1. The van der Waals surface area contributed by atoms with Crippen molar-refractivity contribution < 1.29 is 14.0 Å². The van der Waals surface area contributed by atoms with E-state index in [9.17, 15) is 14.0 Å². The molecule has 2 rings (SSSR count). The van der Waals surface area contributed by atoms with Gasteiger partial charge < -0.3 is 10.6 Å². The highest BCUT2D eigenvalue weighted by molar-refractivity contribution is 7.80. The molecule has 5 nitrogen and oxygen atoms in total. The number of hydrogen-bond acceptors (Lipinski definition) is 3. The number of hydrogen-bond donors (Lipinski definition) is 3. The first kappa shape index (κ1) is 20.3. The molecule has 0 aliphatic rings. The highest BCUT2D eigenvalue weighted by Gasteiger charge is 2.11. The fourth-order valence-electron chi connectivity index (χ4n) is 2.18. The topological polar surface area (TPSA) is 70.2 Å². The molecule has 0 unspecified atom stereocenters. The molecule has 2 amide bonds. The van der Waals surface area contributed by atoms with E-state index in [0.717, 1.165) is 6.42 Å². The smallest absolute Gasteiger partial charge is 0.253 e. The van der Waals surface area contributed by atoms with Crippen molar-refractivity contribution in [1.82, 2.24) is 10.6 Å². The van der Waals surface area contributed by atoms with Gasteiger partial charge in [-0.05, 0) is 54.5 Å². The van der Waals surface area contributed by atoms with Gasteiger partial charge in [-0.25, -0.2) is 4.39 Å². The molecular weight excluding hydrogens is 365 g/mol. The van der Waals surface area contributed by atoms with E-state index in [-0.39, 0.29) is 16.8 Å². The summed E-state index contributed by atoms with van der Waals surface area (Å²) in [5.74, 6) is -1.00. The zero-order valence-electron chi connectivity index (χ0n) is 14.8. The monoisotopic (exact) mass is 385 g/mol. The van der Waals surface area contributed by atoms with Gasteiger partial charge in [0.2, 0.25) is 5.91 Å². The number of nitrogens with one attached hydrogen (secondary N) is 3. The molecule has 2 aromatic carbocycles. The predicted molar refractivity (Wildman–Crippen MR) is 109 cm³/mol. The lowest BCUT2D eigenvalue weighted by Gasteiger charge is -2.12. The van der Waals surface area contributed by atoms with E-state index in [1.54, 1.807) is 42.5 Å². The van der Waals surface area contributed by atoms with Crippen LogP contribution in [0.5, 0.6) is 0 Å². The van der Waals surface area contributed by atoms with Gasteiger partial charge in [0.25, 0.3) is 5.91 Å². The lowest BCUT2D eigenvalue weighted by Crippen LogP contribution is -2.34. The number of amides is 2. The third kappa shape index (κ3) is 6.63. The summed E-state index contributed by atoms with van der Waals surface area (Å²) in [6, 6.07) is 12.6. The minimum absolute atomic E-state index is 0.0690. The first-order valence-electron chi connectivity index (χ1n) is 8.42. The Balaban J connectivity index is 1.96. The second kappa shape index (κ2) is 10.2. The van der Waals surface area contributed by atoms with Crippen molar-refractivity contribution in [1.29, 1.82) is 0 Å². The quantitative estimate of drug-likeness (QED) is 0.526. The van der Waals surface area contributed by atoms with Gasteiger partial charge in [0.15, 0.2) is 5.11 Å². The minimum atomic E-state index is -0.440. The molecule has 27 heavy (non-hydrogen) atoms. The normalized spacial score (nSPS) is 10.4. The van der Waals surface area contributed by atoms with Crippen molar-refractivity contribution in [2.45, 2.75) is 13.3 Å². The highest BCUT2D eigenvalue weighted by Crippen LogP contribution is 2.14. The summed E-state index contributed by atoms with van der Waals surface area (Å²) in [5.41, 5.74) is 1.62. The average molecular weight is 385 g/mol. The fourth-order valence-corrected chi connectivity index (χ4v) is 2.39. The van der Waals surface area contributed by atoms with Gasteiger partial charge in [-0.15, -0.1) is 0 Å². The predicted octanol–water partition coefficient (Wildman–Crippen LogP) is 3.49. The van der Waals surface area contributed by atoms with Crippen molar-refractivity contribution in [3.8, 4) is 0 Å². The van der Waals surface area contributed by atoms with Crippen LogP contribution in [0.2, 0.25) is 0 Å². The molecule has 0 fully saturated rings. The molecule has 0 spiro atoms. The van der Waals surface area contributed by atoms with E-state index in [4.69, 9.17) is 12.2 Å². The molecule has 0 radical (unpaired) electrons. The van der Waals surface area contributed by atoms with Crippen LogP contribution < -0.4 is 16.0 Å². The van der Waals surface area contributed by atoms with E-state index in [1.165, 1.54) is 18.2 Å². The summed E-state index contributed by atoms with van der Waals surface area (Å²) in [6.07, 6.45) is 3.67. The molecule has 0 aromatic heterocycles. The maximum absolute atomic E-state index is 12.9. The Morgan fingerprint density at radius 1 is 1.11 bits per heavy atom. The Labute approximate surface area is 162 Å². The number of rotatable bonds is 6. The van der Waals surface area contributed by atoms with Crippen LogP contribution in [0.1, 0.15) is 29.3 Å². The molecule has 0 atom stereocenters. The Morgan fingerprint density at radius 3 is 2.52 bits per heavy atom. The van der Waals surface area contributed by atoms with Crippen molar-refractivity contribution >= 4 is 40.9 Å². The van der Waals surface area contributed by atoms with Gasteiger partial charge in [-0.3, -0.25) is 14.9 Å². The summed E-state index contributed by atoms with van der Waals surface area (Å²) in [5, 5.41) is 8.23. The molecule has 7 heteroatoms. The summed E-state index contributed by atoms with van der Waals surface area (Å²) in [6.45, 7) is 2.54. The molecule has 0 saturated heterocycles. The minimum Gasteiger partial charge on any atom is -0.352 e. The Hall–Kier alpha value is -3.06. The number of para-hydroxylation sites is 1. The molecule has 0 saturated carbocycles. The first-order valence-corrected chi connectivity index (χ1v) is 8.83. The second-order valence-corrected chi connectivity index (χ2v) is 6.04. The van der Waals surface area contributed by atoms with Gasteiger partial charge >= 0.3 is 0 Å². The standard InChI is InChI=1S/C20H20FN3O2S/c1-2-13-22-19(26)16-5-3-4-6-17(16)23-20(27)24-18(25)12-9-14-7-10-15(21)11-8-14/h3-12H,2,13H2,1H3,(H,22,26)(H2,23,24,25,27)/b12-9+. The van der Waals surface area contributed by atoms with Crippen LogP contribution in [-0.4, -0.2) is 23.5 Å². The van der Waals surface area contributed by atoms with Crippen LogP contribution in [0.25, 0.3) is 6.08 Å². The van der Waals surface area contributed by atoms with Crippen LogP contribution in [0.3, 0.4) is 0 Å². The van der Waals surface area contributed by atoms with Gasteiger partial charge in [0.1, 0.15) is 5.82 Å². The van der Waals surface area contributed by atoms with Crippen molar-refractivity contribution in [3.63, 3.8) is 0 Å². The van der Waals surface area contributed by atoms with Crippen molar-refractivity contribution in [2.24, 2.45) is 0 Å². The van der Waals surface area contributed by atoms with Crippen LogP contribution >= 0.6 is 12.2 Å². The molecule has 0 aliphatic heterocycles. The number of anilines is 1. The number of carbonyl (C=O) groups is 2. The lowest BCUT2D eigenvalue weighted by atomic mass is 10.1. The van der Waals surface area contributed by atoms with Crippen LogP contribution in [-0.2, 0) is 4.79 Å². The van der Waals surface area contributed by atoms with Gasteiger partial charge in [0, 0.05) is 12.6 Å². The fraction of sp³-hybridized carbons (Fsp3) is 0.150. The van der Waals surface area contributed by atoms with Crippen molar-refractivity contribution in [3.05, 3.63) is 71.6 Å². The third-order valence-corrected chi connectivity index (χ3v) is 3.69. The third-order valence-electron chi connectivity index (χ3n) is 3.49. The van der Waals surface area contributed by atoms with Crippen molar-refractivity contribution in [2.75, 3.05) is 11.9 Å². The van der Waals surface area contributed by atoms with Crippen LogP contribution in [0, 0.1) is 5.82 Å². The number of carbonyl (C=O) groups excluding carboxylic acids is 2. The zero-order valence-corrected chi connectivity index (χ0v) is 15.6. The SMILES string of the molecule is CCCNC(=O)c1ccccc1NC(=S)NC(=O)/C=C/c1ccc(F)cc1. The number of halogens is 1. The zero-order chi connectivity index (χ0) is 19.6. The summed E-state index contributed by atoms with van der Waals surface area (Å²) in [4.78, 5) is 24.2. The molecule has 3 N–H and O–H groups in total. The largest absolute Gasteiger partial charge is 0.352 e. The number of thiocarbonyl (C=S) groups is 1. The summed E-state index contributed by atoms with van der Waals surface area (Å²) >= 11 is 5.14. The first-order chi connectivity index (χ1) is 13.0. The van der Waals surface area contributed by atoms with Crippen LogP contribution in [0.4, 0.5) is 10.1 Å². The van der Waals surface area contributed by atoms with Gasteiger partial charge in [-0.1, -0.05) is 31.2 Å². The molecular formula is C20H20FN3O2S. The molecule has 140 valence electrons. The van der Waals surface area contributed by atoms with E-state index in [1.807, 2.05) is 6.92 Å². The Bertz CT molecular complexity index is 851.